The van der Waals surface area contributed by atoms with Crippen LogP contribution in [0.5, 0.6) is 11.5 Å². The summed E-state index contributed by atoms with van der Waals surface area (Å²) in [5.41, 5.74) is 7.88. The minimum absolute atomic E-state index is 0.0326. The molecule has 1 amide bonds. The van der Waals surface area contributed by atoms with Gasteiger partial charge >= 0.3 is 0 Å². The minimum Gasteiger partial charge on any atom is -0.490 e. The molecule has 0 aliphatic heterocycles. The Morgan fingerprint density at radius 2 is 1.78 bits per heavy atom. The van der Waals surface area contributed by atoms with Crippen molar-refractivity contribution in [1.29, 1.82) is 0 Å². The second-order valence-corrected chi connectivity index (χ2v) is 12.0. The predicted octanol–water partition coefficient (Wildman–Crippen LogP) is 5.27. The Hall–Kier alpha value is -4.31. The van der Waals surface area contributed by atoms with E-state index in [1.807, 2.05) is 51.1 Å². The van der Waals surface area contributed by atoms with E-state index in [2.05, 4.69) is 15.6 Å². The molecule has 0 aliphatic carbocycles. The number of fused-ring (bicyclic) bond motifs is 1. The lowest BCUT2D eigenvalue weighted by atomic mass is 10.0. The van der Waals surface area contributed by atoms with Crippen molar-refractivity contribution < 1.29 is 22.7 Å². The van der Waals surface area contributed by atoms with Gasteiger partial charge < -0.3 is 25.8 Å². The smallest absolute Gasteiger partial charge is 0.247 e. The number of benzene rings is 3. The average Bonchev–Trinajstić information content (AvgIpc) is 2.95. The number of nitrogens with zero attached hydrogens (tertiary/aromatic N) is 1. The minimum atomic E-state index is -3.46. The Morgan fingerprint density at radius 3 is 2.51 bits per heavy atom. The van der Waals surface area contributed by atoms with Gasteiger partial charge in [0.05, 0.1) is 23.4 Å². The summed E-state index contributed by atoms with van der Waals surface area (Å²) >= 11 is 0. The third-order valence-corrected chi connectivity index (χ3v) is 8.30. The maximum atomic E-state index is 13.8. The van der Waals surface area contributed by atoms with Gasteiger partial charge in [-0.2, -0.15) is 0 Å². The van der Waals surface area contributed by atoms with E-state index < -0.39 is 15.9 Å². The summed E-state index contributed by atoms with van der Waals surface area (Å²) in [7, 11) is -3.46. The van der Waals surface area contributed by atoms with Crippen molar-refractivity contribution in [2.45, 2.75) is 51.3 Å². The second-order valence-electron chi connectivity index (χ2n) is 9.74. The van der Waals surface area contributed by atoms with Crippen LogP contribution in [0.15, 0.2) is 77.8 Å². The number of rotatable bonds is 12. The van der Waals surface area contributed by atoms with E-state index in [1.54, 1.807) is 49.5 Å². The van der Waals surface area contributed by atoms with Gasteiger partial charge in [0.25, 0.3) is 0 Å². The van der Waals surface area contributed by atoms with Gasteiger partial charge in [0.1, 0.15) is 11.9 Å². The summed E-state index contributed by atoms with van der Waals surface area (Å²) in [4.78, 5) is 18.1. The Bertz CT molecular complexity index is 1640. The van der Waals surface area contributed by atoms with Crippen LogP contribution in [0, 0.1) is 0 Å². The highest BCUT2D eigenvalue weighted by Crippen LogP contribution is 2.33. The van der Waals surface area contributed by atoms with Crippen LogP contribution in [0.1, 0.15) is 44.9 Å². The number of pyridine rings is 1. The first kappa shape index (κ1) is 29.7. The van der Waals surface area contributed by atoms with E-state index in [4.69, 9.17) is 15.2 Å². The van der Waals surface area contributed by atoms with E-state index in [0.717, 1.165) is 10.8 Å². The van der Waals surface area contributed by atoms with E-state index in [0.29, 0.717) is 40.7 Å². The molecule has 0 saturated carbocycles. The van der Waals surface area contributed by atoms with Crippen LogP contribution in [0.2, 0.25) is 0 Å². The summed E-state index contributed by atoms with van der Waals surface area (Å²) in [5.74, 6) is 1.15. The molecule has 0 spiro atoms. The number of aromatic nitrogens is 1. The van der Waals surface area contributed by atoms with Crippen molar-refractivity contribution in [3.63, 3.8) is 0 Å². The number of ether oxygens (including phenoxy) is 2. The fraction of sp³-hybridized carbons (Fsp3) is 0.290. The third kappa shape index (κ3) is 7.07. The van der Waals surface area contributed by atoms with Crippen LogP contribution in [0.4, 0.5) is 11.5 Å². The number of nitrogens with two attached hydrogens (primary N) is 1. The zero-order chi connectivity index (χ0) is 29.6. The fourth-order valence-corrected chi connectivity index (χ4v) is 5.61. The molecule has 216 valence electrons. The van der Waals surface area contributed by atoms with Crippen LogP contribution in [-0.2, 0) is 21.2 Å². The highest BCUT2D eigenvalue weighted by atomic mass is 32.2. The molecule has 3 aromatic carbocycles. The standard InChI is InChI=1S/C31H36N4O5S/c1-5-39-27-18-22(11-14-26(27)40-20(3)4)29(35-24-12-13-25-21(17-24)15-16-33-30(25)32)31(36)34-19-23-9-7-8-10-28(23)41(37,38)6-2/h7-18,20,29,35H,5-6,19H2,1-4H3,(H2,32,33)(H,34,36). The topological polar surface area (TPSA) is 133 Å². The molecule has 0 saturated heterocycles. The van der Waals surface area contributed by atoms with Gasteiger partial charge in [-0.3, -0.25) is 4.79 Å². The maximum absolute atomic E-state index is 13.8. The number of carbonyl (C=O) groups is 1. The van der Waals surface area contributed by atoms with Gasteiger partial charge in [-0.1, -0.05) is 31.2 Å². The Balaban J connectivity index is 1.70. The highest BCUT2D eigenvalue weighted by molar-refractivity contribution is 7.91. The van der Waals surface area contributed by atoms with Crippen molar-refractivity contribution in [2.75, 3.05) is 23.4 Å². The largest absolute Gasteiger partial charge is 0.490 e. The fourth-order valence-electron chi connectivity index (χ4n) is 4.47. The number of sulfone groups is 1. The highest BCUT2D eigenvalue weighted by Gasteiger charge is 2.24. The van der Waals surface area contributed by atoms with Crippen LogP contribution in [0.3, 0.4) is 0 Å². The summed E-state index contributed by atoms with van der Waals surface area (Å²) in [6, 6.07) is 18.7. The molecular weight excluding hydrogens is 540 g/mol. The summed E-state index contributed by atoms with van der Waals surface area (Å²) in [5, 5.41) is 7.95. The number of hydrogen-bond donors (Lipinski definition) is 3. The maximum Gasteiger partial charge on any atom is 0.247 e. The molecule has 41 heavy (non-hydrogen) atoms. The van der Waals surface area contributed by atoms with Crippen molar-refractivity contribution in [3.05, 3.63) is 84.1 Å². The number of nitrogens with one attached hydrogen (secondary N) is 2. The molecule has 10 heteroatoms. The zero-order valence-electron chi connectivity index (χ0n) is 23.7. The van der Waals surface area contributed by atoms with Gasteiger partial charge in [-0.25, -0.2) is 13.4 Å². The Kier molecular flexibility index (Phi) is 9.34. The lowest BCUT2D eigenvalue weighted by Gasteiger charge is -2.23. The SMILES string of the molecule is CCOc1cc(C(Nc2ccc3c(N)nccc3c2)C(=O)NCc2ccccc2S(=O)(=O)CC)ccc1OC(C)C. The molecule has 0 radical (unpaired) electrons. The number of carbonyl (C=O) groups excluding carboxylic acids is 1. The number of nitrogen functional groups attached to an aromatic ring is 1. The van der Waals surface area contributed by atoms with Gasteiger partial charge in [0.15, 0.2) is 21.3 Å². The Labute approximate surface area is 241 Å². The van der Waals surface area contributed by atoms with Gasteiger partial charge in [-0.05, 0) is 79.7 Å². The van der Waals surface area contributed by atoms with E-state index in [9.17, 15) is 13.2 Å². The predicted molar refractivity (Wildman–Crippen MR) is 162 cm³/mol. The molecular formula is C31H36N4O5S. The number of amides is 1. The van der Waals surface area contributed by atoms with Crippen molar-refractivity contribution in [3.8, 4) is 11.5 Å². The summed E-state index contributed by atoms with van der Waals surface area (Å²) in [6.07, 6.45) is 1.58. The molecule has 4 rings (SSSR count). The molecule has 0 bridgehead atoms. The number of anilines is 2. The molecule has 9 nitrogen and oxygen atoms in total. The van der Waals surface area contributed by atoms with Crippen molar-refractivity contribution in [2.24, 2.45) is 0 Å². The third-order valence-electron chi connectivity index (χ3n) is 6.47. The average molecular weight is 577 g/mol. The lowest BCUT2D eigenvalue weighted by molar-refractivity contribution is -0.122. The summed E-state index contributed by atoms with van der Waals surface area (Å²) < 4.78 is 37.0. The van der Waals surface area contributed by atoms with Gasteiger partial charge in [0.2, 0.25) is 5.91 Å². The Morgan fingerprint density at radius 1 is 1.00 bits per heavy atom. The normalized spacial score (nSPS) is 12.2. The van der Waals surface area contributed by atoms with Crippen molar-refractivity contribution in [1.82, 2.24) is 10.3 Å². The van der Waals surface area contributed by atoms with Crippen LogP contribution in [0.25, 0.3) is 10.8 Å². The molecule has 4 N–H and O–H groups in total. The first-order valence-electron chi connectivity index (χ1n) is 13.6. The molecule has 0 aliphatic rings. The van der Waals surface area contributed by atoms with E-state index >= 15 is 0 Å². The van der Waals surface area contributed by atoms with E-state index in [1.165, 1.54) is 0 Å². The van der Waals surface area contributed by atoms with E-state index in [-0.39, 0.29) is 29.2 Å². The molecule has 1 unspecified atom stereocenters. The van der Waals surface area contributed by atoms with Gasteiger partial charge in [0, 0.05) is 23.8 Å². The first-order chi connectivity index (χ1) is 19.6. The van der Waals surface area contributed by atoms with Crippen molar-refractivity contribution >= 4 is 38.0 Å². The quantitative estimate of drug-likeness (QED) is 0.208. The van der Waals surface area contributed by atoms with Crippen LogP contribution in [-0.4, -0.2) is 37.8 Å². The zero-order valence-corrected chi connectivity index (χ0v) is 24.5. The molecule has 1 atom stereocenters. The van der Waals surface area contributed by atoms with Crippen LogP contribution < -0.4 is 25.8 Å². The summed E-state index contributed by atoms with van der Waals surface area (Å²) in [6.45, 7) is 7.80. The first-order valence-corrected chi connectivity index (χ1v) is 15.2. The van der Waals surface area contributed by atoms with Gasteiger partial charge in [-0.15, -0.1) is 0 Å². The lowest BCUT2D eigenvalue weighted by Crippen LogP contribution is -2.33. The number of hydrogen-bond acceptors (Lipinski definition) is 8. The van der Waals surface area contributed by atoms with Crippen LogP contribution >= 0.6 is 0 Å². The molecule has 1 heterocycles. The molecule has 1 aromatic heterocycles. The second kappa shape index (κ2) is 12.9. The molecule has 4 aromatic rings. The monoisotopic (exact) mass is 576 g/mol. The molecule has 0 fully saturated rings.